The van der Waals surface area contributed by atoms with E-state index in [1.165, 1.54) is 6.26 Å². The van der Waals surface area contributed by atoms with Gasteiger partial charge in [0, 0.05) is 31.3 Å². The zero-order chi connectivity index (χ0) is 16.4. The molecule has 7 heteroatoms. The summed E-state index contributed by atoms with van der Waals surface area (Å²) < 4.78 is 6.49. The summed E-state index contributed by atoms with van der Waals surface area (Å²) in [6.45, 7) is 2.23. The minimum atomic E-state index is -0.0891. The van der Waals surface area contributed by atoms with Gasteiger partial charge in [0.1, 0.15) is 17.8 Å². The quantitative estimate of drug-likeness (QED) is 0.737. The molecule has 0 saturated heterocycles. The normalized spacial score (nSPS) is 10.7. The average molecular weight is 311 g/mol. The van der Waals surface area contributed by atoms with Gasteiger partial charge in [-0.25, -0.2) is 9.67 Å². The van der Waals surface area contributed by atoms with Crippen LogP contribution in [0.1, 0.15) is 21.9 Å². The van der Waals surface area contributed by atoms with Crippen LogP contribution in [-0.2, 0) is 13.6 Å². The number of aryl methyl sites for hydroxylation is 2. The van der Waals surface area contributed by atoms with Crippen LogP contribution in [0.5, 0.6) is 0 Å². The van der Waals surface area contributed by atoms with Gasteiger partial charge in [-0.1, -0.05) is 17.3 Å². The van der Waals surface area contributed by atoms with Gasteiger partial charge in [0.15, 0.2) is 5.82 Å². The van der Waals surface area contributed by atoms with Crippen molar-refractivity contribution in [1.82, 2.24) is 24.8 Å². The molecule has 0 bridgehead atoms. The van der Waals surface area contributed by atoms with Crippen LogP contribution >= 0.6 is 0 Å². The summed E-state index contributed by atoms with van der Waals surface area (Å²) in [4.78, 5) is 18.6. The number of hydrogen-bond donors (Lipinski definition) is 0. The number of aromatic nitrogens is 4. The molecule has 3 rings (SSSR count). The van der Waals surface area contributed by atoms with Crippen molar-refractivity contribution in [3.05, 3.63) is 53.7 Å². The Morgan fingerprint density at radius 2 is 2.17 bits per heavy atom. The Bertz CT molecular complexity index is 823. The summed E-state index contributed by atoms with van der Waals surface area (Å²) in [7, 11) is 3.57. The van der Waals surface area contributed by atoms with Crippen LogP contribution in [0.4, 0.5) is 0 Å². The lowest BCUT2D eigenvalue weighted by Gasteiger charge is -2.16. The van der Waals surface area contributed by atoms with Gasteiger partial charge in [-0.2, -0.15) is 5.10 Å². The first-order chi connectivity index (χ1) is 11.0. The Hall–Kier alpha value is -2.96. The minimum Gasteiger partial charge on any atom is -0.364 e. The van der Waals surface area contributed by atoms with E-state index in [1.807, 2.05) is 32.2 Å². The molecule has 0 N–H and O–H groups in total. The van der Waals surface area contributed by atoms with E-state index in [9.17, 15) is 4.79 Å². The molecule has 1 aromatic carbocycles. The van der Waals surface area contributed by atoms with E-state index < -0.39 is 0 Å². The molecule has 0 aliphatic rings. The first-order valence-corrected chi connectivity index (χ1v) is 7.17. The second kappa shape index (κ2) is 6.04. The van der Waals surface area contributed by atoms with Crippen LogP contribution in [-0.4, -0.2) is 37.8 Å². The molecule has 0 unspecified atom stereocenters. The van der Waals surface area contributed by atoms with Crippen LogP contribution in [0.25, 0.3) is 11.4 Å². The maximum atomic E-state index is 12.6. The molecular formula is C16H17N5O2. The summed E-state index contributed by atoms with van der Waals surface area (Å²) in [6.07, 6.45) is 1.49. The molecule has 3 aromatic rings. The van der Waals surface area contributed by atoms with Gasteiger partial charge in [0.25, 0.3) is 5.91 Å². The Morgan fingerprint density at radius 3 is 2.83 bits per heavy atom. The standard InChI is InChI=1S/C16H17N5O2/c1-11-17-15(21(3)18-11)12-5-4-6-13(9-12)16(22)20(2)10-14-7-8-23-19-14/h4-9H,10H2,1-3H3. The first kappa shape index (κ1) is 15.0. The molecule has 0 spiro atoms. The highest BCUT2D eigenvalue weighted by Crippen LogP contribution is 2.19. The molecule has 7 nitrogen and oxygen atoms in total. The van der Waals surface area contributed by atoms with Crippen LogP contribution in [0, 0.1) is 6.92 Å². The molecule has 1 amide bonds. The number of rotatable bonds is 4. The number of carbonyl (C=O) groups excluding carboxylic acids is 1. The molecule has 2 aromatic heterocycles. The number of nitrogens with zero attached hydrogens (tertiary/aromatic N) is 5. The Kier molecular flexibility index (Phi) is 3.92. The second-order valence-corrected chi connectivity index (χ2v) is 5.34. The van der Waals surface area contributed by atoms with Gasteiger partial charge in [-0.3, -0.25) is 4.79 Å². The maximum absolute atomic E-state index is 12.6. The van der Waals surface area contributed by atoms with Crippen molar-refractivity contribution in [3.8, 4) is 11.4 Å². The van der Waals surface area contributed by atoms with E-state index in [0.717, 1.165) is 11.4 Å². The van der Waals surface area contributed by atoms with Gasteiger partial charge in [0.2, 0.25) is 0 Å². The lowest BCUT2D eigenvalue weighted by molar-refractivity contribution is 0.0782. The average Bonchev–Trinajstić information content (AvgIpc) is 3.16. The van der Waals surface area contributed by atoms with E-state index in [-0.39, 0.29) is 5.91 Å². The molecule has 0 aliphatic carbocycles. The molecule has 118 valence electrons. The molecule has 23 heavy (non-hydrogen) atoms. The molecule has 0 radical (unpaired) electrons. The van der Waals surface area contributed by atoms with Gasteiger partial charge in [-0.15, -0.1) is 0 Å². The van der Waals surface area contributed by atoms with Gasteiger partial charge < -0.3 is 9.42 Å². The molecule has 0 saturated carbocycles. The van der Waals surface area contributed by atoms with Crippen molar-refractivity contribution >= 4 is 5.91 Å². The molecule has 0 aliphatic heterocycles. The third-order valence-electron chi connectivity index (χ3n) is 3.47. The van der Waals surface area contributed by atoms with E-state index >= 15 is 0 Å². The fourth-order valence-electron chi connectivity index (χ4n) is 2.41. The molecule has 0 atom stereocenters. The smallest absolute Gasteiger partial charge is 0.253 e. The van der Waals surface area contributed by atoms with E-state index in [0.29, 0.717) is 23.6 Å². The van der Waals surface area contributed by atoms with Crippen molar-refractivity contribution in [1.29, 1.82) is 0 Å². The third-order valence-corrected chi connectivity index (χ3v) is 3.47. The van der Waals surface area contributed by atoms with Crippen LogP contribution in [0.2, 0.25) is 0 Å². The Labute approximate surface area is 133 Å². The summed E-state index contributed by atoms with van der Waals surface area (Å²) in [5.74, 6) is 1.34. The van der Waals surface area contributed by atoms with Crippen molar-refractivity contribution < 1.29 is 9.32 Å². The SMILES string of the molecule is Cc1nc(-c2cccc(C(=O)N(C)Cc3ccon3)c2)n(C)n1. The predicted molar refractivity (Wildman–Crippen MR) is 83.5 cm³/mol. The number of hydrogen-bond acceptors (Lipinski definition) is 5. The lowest BCUT2D eigenvalue weighted by atomic mass is 10.1. The summed E-state index contributed by atoms with van der Waals surface area (Å²) in [5, 5.41) is 8.06. The zero-order valence-corrected chi connectivity index (χ0v) is 13.2. The second-order valence-electron chi connectivity index (χ2n) is 5.34. The van der Waals surface area contributed by atoms with E-state index in [2.05, 4.69) is 15.2 Å². The maximum Gasteiger partial charge on any atom is 0.253 e. The highest BCUT2D eigenvalue weighted by molar-refractivity contribution is 5.95. The minimum absolute atomic E-state index is 0.0891. The van der Waals surface area contributed by atoms with Gasteiger partial charge in [-0.05, 0) is 19.1 Å². The third kappa shape index (κ3) is 3.13. The van der Waals surface area contributed by atoms with Crippen molar-refractivity contribution in [3.63, 3.8) is 0 Å². The predicted octanol–water partition coefficient (Wildman–Crippen LogP) is 2.05. The fourth-order valence-corrected chi connectivity index (χ4v) is 2.41. The molecular weight excluding hydrogens is 294 g/mol. The van der Waals surface area contributed by atoms with Crippen LogP contribution in [0.15, 0.2) is 41.1 Å². The molecule has 0 fully saturated rings. The highest BCUT2D eigenvalue weighted by Gasteiger charge is 2.15. The van der Waals surface area contributed by atoms with Crippen molar-refractivity contribution in [2.45, 2.75) is 13.5 Å². The number of amides is 1. The van der Waals surface area contributed by atoms with Gasteiger partial charge >= 0.3 is 0 Å². The summed E-state index contributed by atoms with van der Waals surface area (Å²) >= 11 is 0. The highest BCUT2D eigenvalue weighted by atomic mass is 16.5. The van der Waals surface area contributed by atoms with Crippen molar-refractivity contribution in [2.24, 2.45) is 7.05 Å². The fraction of sp³-hybridized carbons (Fsp3) is 0.250. The zero-order valence-electron chi connectivity index (χ0n) is 13.2. The van der Waals surface area contributed by atoms with Gasteiger partial charge in [0.05, 0.1) is 6.54 Å². The topological polar surface area (TPSA) is 77.0 Å². The summed E-state index contributed by atoms with van der Waals surface area (Å²) in [5.41, 5.74) is 2.16. The van der Waals surface area contributed by atoms with E-state index in [4.69, 9.17) is 4.52 Å². The first-order valence-electron chi connectivity index (χ1n) is 7.17. The molecule has 2 heterocycles. The number of benzene rings is 1. The van der Waals surface area contributed by atoms with Crippen LogP contribution < -0.4 is 0 Å². The lowest BCUT2D eigenvalue weighted by Crippen LogP contribution is -2.26. The van der Waals surface area contributed by atoms with Crippen LogP contribution in [0.3, 0.4) is 0 Å². The van der Waals surface area contributed by atoms with E-state index in [1.54, 1.807) is 28.8 Å². The monoisotopic (exact) mass is 311 g/mol. The largest absolute Gasteiger partial charge is 0.364 e. The van der Waals surface area contributed by atoms with Crippen molar-refractivity contribution in [2.75, 3.05) is 7.05 Å². The Morgan fingerprint density at radius 1 is 1.35 bits per heavy atom. The summed E-state index contributed by atoms with van der Waals surface area (Å²) in [6, 6.07) is 9.11. The number of carbonyl (C=O) groups is 1. The Balaban J connectivity index is 1.84.